The second kappa shape index (κ2) is 8.81. The third-order valence-electron chi connectivity index (χ3n) is 5.08. The maximum Gasteiger partial charge on any atom is 0.312 e. The minimum Gasteiger partial charge on any atom is -0.496 e. The van der Waals surface area contributed by atoms with Gasteiger partial charge in [0.1, 0.15) is 12.4 Å². The van der Waals surface area contributed by atoms with Crippen molar-refractivity contribution in [3.63, 3.8) is 0 Å². The Kier molecular flexibility index (Phi) is 5.95. The first-order valence-corrected chi connectivity index (χ1v) is 10.3. The van der Waals surface area contributed by atoms with Gasteiger partial charge in [0.2, 0.25) is 0 Å². The van der Waals surface area contributed by atoms with Crippen LogP contribution in [0.2, 0.25) is 5.02 Å². The van der Waals surface area contributed by atoms with Gasteiger partial charge < -0.3 is 9.47 Å². The number of ether oxygens (including phenoxy) is 2. The van der Waals surface area contributed by atoms with Gasteiger partial charge in [-0.3, -0.25) is 14.2 Å². The number of esters is 1. The van der Waals surface area contributed by atoms with E-state index in [1.165, 1.54) is 0 Å². The Labute approximate surface area is 185 Å². The molecule has 0 saturated heterocycles. The molecule has 160 valence electrons. The molecule has 2 heterocycles. The van der Waals surface area contributed by atoms with Gasteiger partial charge in [-0.2, -0.15) is 10.2 Å². The summed E-state index contributed by atoms with van der Waals surface area (Å²) in [4.78, 5) is 12.4. The van der Waals surface area contributed by atoms with E-state index in [9.17, 15) is 4.79 Å². The minimum absolute atomic E-state index is 0.117. The highest BCUT2D eigenvalue weighted by molar-refractivity contribution is 6.30. The number of hydrogen-bond donors (Lipinski definition) is 0. The molecule has 0 fully saturated rings. The summed E-state index contributed by atoms with van der Waals surface area (Å²) in [6.45, 7) is 3.05. The van der Waals surface area contributed by atoms with Crippen LogP contribution in [0.1, 0.15) is 18.2 Å². The molecule has 2 aromatic heterocycles. The zero-order valence-electron chi connectivity index (χ0n) is 17.6. The zero-order chi connectivity index (χ0) is 22.0. The molecule has 0 amide bonds. The van der Waals surface area contributed by atoms with Gasteiger partial charge in [0.25, 0.3) is 0 Å². The van der Waals surface area contributed by atoms with E-state index in [1.807, 2.05) is 48.1 Å². The number of nitrogens with zero attached hydrogens (tertiary/aromatic N) is 4. The number of carbonyl (C=O) groups is 1. The van der Waals surface area contributed by atoms with Crippen molar-refractivity contribution < 1.29 is 14.3 Å². The first-order valence-electron chi connectivity index (χ1n) is 9.95. The van der Waals surface area contributed by atoms with Crippen molar-refractivity contribution in [3.8, 4) is 17.0 Å². The van der Waals surface area contributed by atoms with Crippen LogP contribution in [0.4, 0.5) is 0 Å². The zero-order valence-corrected chi connectivity index (χ0v) is 18.4. The predicted octanol–water partition coefficient (Wildman–Crippen LogP) is 4.40. The van der Waals surface area contributed by atoms with Gasteiger partial charge in [-0.1, -0.05) is 23.7 Å². The molecule has 0 aliphatic carbocycles. The second-order valence-electron chi connectivity index (χ2n) is 7.20. The molecule has 0 unspecified atom stereocenters. The molecule has 0 N–H and O–H groups in total. The predicted molar refractivity (Wildman–Crippen MR) is 119 cm³/mol. The van der Waals surface area contributed by atoms with Crippen molar-refractivity contribution in [3.05, 3.63) is 64.9 Å². The van der Waals surface area contributed by atoms with E-state index < -0.39 is 0 Å². The fourth-order valence-corrected chi connectivity index (χ4v) is 3.57. The van der Waals surface area contributed by atoms with Crippen LogP contribution in [0.15, 0.2) is 48.7 Å². The average molecular weight is 439 g/mol. The fourth-order valence-electron chi connectivity index (χ4n) is 3.41. The monoisotopic (exact) mass is 438 g/mol. The van der Waals surface area contributed by atoms with E-state index in [0.717, 1.165) is 34.3 Å². The van der Waals surface area contributed by atoms with Gasteiger partial charge in [0.05, 0.1) is 24.7 Å². The van der Waals surface area contributed by atoms with Crippen molar-refractivity contribution in [1.82, 2.24) is 19.6 Å². The van der Waals surface area contributed by atoms with Crippen LogP contribution < -0.4 is 4.74 Å². The van der Waals surface area contributed by atoms with Crippen molar-refractivity contribution in [1.29, 1.82) is 0 Å². The van der Waals surface area contributed by atoms with Gasteiger partial charge in [0, 0.05) is 41.5 Å². The van der Waals surface area contributed by atoms with Crippen LogP contribution in [0.25, 0.3) is 22.2 Å². The number of aromatic nitrogens is 4. The smallest absolute Gasteiger partial charge is 0.312 e. The van der Waals surface area contributed by atoms with Gasteiger partial charge in [-0.05, 0) is 42.8 Å². The molecule has 0 atom stereocenters. The van der Waals surface area contributed by atoms with Crippen LogP contribution in [0.5, 0.6) is 5.75 Å². The molecule has 4 rings (SSSR count). The van der Waals surface area contributed by atoms with Crippen LogP contribution >= 0.6 is 11.6 Å². The maximum absolute atomic E-state index is 12.4. The van der Waals surface area contributed by atoms with Gasteiger partial charge >= 0.3 is 5.97 Å². The number of carbonyl (C=O) groups excluding carboxylic acids is 1. The Hall–Kier alpha value is -3.32. The number of rotatable bonds is 7. The Bertz CT molecular complexity index is 1250. The van der Waals surface area contributed by atoms with Gasteiger partial charge in [0.15, 0.2) is 0 Å². The molecule has 2 aromatic carbocycles. The quantitative estimate of drug-likeness (QED) is 0.400. The minimum atomic E-state index is -0.322. The lowest BCUT2D eigenvalue weighted by Gasteiger charge is -2.06. The second-order valence-corrected chi connectivity index (χ2v) is 7.64. The largest absolute Gasteiger partial charge is 0.496 e. The summed E-state index contributed by atoms with van der Waals surface area (Å²) >= 11 is 6.04. The van der Waals surface area contributed by atoms with E-state index in [-0.39, 0.29) is 19.0 Å². The number of halogens is 1. The number of fused-ring (bicyclic) bond motifs is 1. The number of hydrogen-bond acceptors (Lipinski definition) is 5. The maximum atomic E-state index is 12.4. The summed E-state index contributed by atoms with van der Waals surface area (Å²) in [6.07, 6.45) is 2.12. The van der Waals surface area contributed by atoms with Crippen molar-refractivity contribution >= 4 is 28.5 Å². The summed E-state index contributed by atoms with van der Waals surface area (Å²) in [5, 5.41) is 10.7. The lowest BCUT2D eigenvalue weighted by atomic mass is 10.1. The van der Waals surface area contributed by atoms with Crippen LogP contribution in [0, 0.1) is 0 Å². The summed E-state index contributed by atoms with van der Waals surface area (Å²) in [5.41, 5.74) is 4.05. The van der Waals surface area contributed by atoms with Crippen LogP contribution in [0.3, 0.4) is 0 Å². The molecule has 0 aliphatic rings. The van der Waals surface area contributed by atoms with Crippen LogP contribution in [-0.4, -0.2) is 32.6 Å². The van der Waals surface area contributed by atoms with E-state index in [4.69, 9.17) is 21.1 Å². The third-order valence-corrected chi connectivity index (χ3v) is 5.32. The number of benzene rings is 2. The first kappa shape index (κ1) is 20.9. The van der Waals surface area contributed by atoms with Crippen molar-refractivity contribution in [2.24, 2.45) is 7.05 Å². The normalized spacial score (nSPS) is 11.1. The third kappa shape index (κ3) is 4.56. The average Bonchev–Trinajstić information content (AvgIpc) is 3.34. The van der Waals surface area contributed by atoms with Gasteiger partial charge in [-0.15, -0.1) is 0 Å². The molecular weight excluding hydrogens is 416 g/mol. The lowest BCUT2D eigenvalue weighted by Crippen LogP contribution is -2.11. The van der Waals surface area contributed by atoms with E-state index in [2.05, 4.69) is 10.2 Å². The number of aryl methyl sites for hydroxylation is 2. The van der Waals surface area contributed by atoms with E-state index >= 15 is 0 Å². The fraction of sp³-hybridized carbons (Fsp3) is 0.261. The molecule has 0 radical (unpaired) electrons. The highest BCUT2D eigenvalue weighted by atomic mass is 35.5. The Morgan fingerprint density at radius 1 is 1.13 bits per heavy atom. The lowest BCUT2D eigenvalue weighted by molar-refractivity contribution is -0.144. The van der Waals surface area contributed by atoms with Crippen LogP contribution in [-0.2, 0) is 36.2 Å². The van der Waals surface area contributed by atoms with E-state index in [1.54, 1.807) is 31.0 Å². The highest BCUT2D eigenvalue weighted by Crippen LogP contribution is 2.32. The van der Waals surface area contributed by atoms with Crippen molar-refractivity contribution in [2.75, 3.05) is 7.11 Å². The molecule has 4 aromatic rings. The highest BCUT2D eigenvalue weighted by Gasteiger charge is 2.15. The molecule has 31 heavy (non-hydrogen) atoms. The summed E-state index contributed by atoms with van der Waals surface area (Å²) in [6, 6.07) is 13.1. The molecule has 7 nitrogen and oxygen atoms in total. The van der Waals surface area contributed by atoms with Gasteiger partial charge in [-0.25, -0.2) is 0 Å². The molecule has 0 spiro atoms. The first-order chi connectivity index (χ1) is 15.0. The topological polar surface area (TPSA) is 71.2 Å². The standard InChI is InChI=1S/C23H23ClN4O3/c1-4-28-13-16-6-5-15(9-20(16)26-28)14-31-23(29)12-18-11-21(25-27(18)2)19-8-7-17(24)10-22(19)30-3/h5-11,13H,4,12,14H2,1-3H3. The molecular formula is C23H23ClN4O3. The van der Waals surface area contributed by atoms with Crippen molar-refractivity contribution in [2.45, 2.75) is 26.5 Å². The Balaban J connectivity index is 1.43. The summed E-state index contributed by atoms with van der Waals surface area (Å²) in [7, 11) is 3.38. The molecule has 0 bridgehead atoms. The Morgan fingerprint density at radius 3 is 2.74 bits per heavy atom. The molecule has 0 aliphatic heterocycles. The molecule has 0 saturated carbocycles. The summed E-state index contributed by atoms with van der Waals surface area (Å²) in [5.74, 6) is 0.303. The number of methoxy groups -OCH3 is 1. The Morgan fingerprint density at radius 2 is 1.97 bits per heavy atom. The summed E-state index contributed by atoms with van der Waals surface area (Å²) < 4.78 is 14.5. The SMILES string of the molecule is CCn1cc2ccc(COC(=O)Cc3cc(-c4ccc(Cl)cc4OC)nn3C)cc2n1. The van der Waals surface area contributed by atoms with E-state index in [0.29, 0.717) is 16.5 Å². The molecule has 8 heteroatoms.